The quantitative estimate of drug-likeness (QED) is 0.741. The van der Waals surface area contributed by atoms with Crippen LogP contribution in [-0.2, 0) is 4.79 Å². The molecule has 116 valence electrons. The summed E-state index contributed by atoms with van der Waals surface area (Å²) in [6, 6.07) is 0. The zero-order valence-electron chi connectivity index (χ0n) is 13.3. The van der Waals surface area contributed by atoms with E-state index in [0.29, 0.717) is 11.3 Å². The third-order valence-electron chi connectivity index (χ3n) is 5.53. The van der Waals surface area contributed by atoms with E-state index in [1.54, 1.807) is 0 Å². The van der Waals surface area contributed by atoms with Crippen LogP contribution in [0.5, 0.6) is 0 Å². The lowest BCUT2D eigenvalue weighted by molar-refractivity contribution is -0.128. The summed E-state index contributed by atoms with van der Waals surface area (Å²) in [6.07, 6.45) is 9.36. The first kappa shape index (κ1) is 16.3. The molecule has 2 aliphatic carbocycles. The first-order chi connectivity index (χ1) is 9.36. The topological polar surface area (TPSA) is 29.1 Å². The minimum atomic E-state index is 0.0535. The monoisotopic (exact) mass is 343 g/mol. The lowest BCUT2D eigenvalue weighted by Crippen LogP contribution is -2.50. The number of hydrogen-bond acceptors (Lipinski definition) is 1. The molecule has 20 heavy (non-hydrogen) atoms. The second-order valence-corrected chi connectivity index (χ2v) is 8.59. The molecule has 2 rings (SSSR count). The normalized spacial score (nSPS) is 30.2. The Hall–Kier alpha value is -0.0500. The molecule has 0 spiro atoms. The van der Waals surface area contributed by atoms with Gasteiger partial charge in [0.2, 0.25) is 5.91 Å². The van der Waals surface area contributed by atoms with Gasteiger partial charge in [-0.05, 0) is 49.9 Å². The Morgan fingerprint density at radius 3 is 2.15 bits per heavy atom. The first-order valence-corrected chi connectivity index (χ1v) is 9.36. The van der Waals surface area contributed by atoms with Gasteiger partial charge in [-0.1, -0.05) is 49.5 Å². The van der Waals surface area contributed by atoms with Crippen molar-refractivity contribution in [2.24, 2.45) is 17.3 Å². The molecule has 1 N–H and O–H groups in total. The van der Waals surface area contributed by atoms with Gasteiger partial charge in [0.05, 0.1) is 0 Å². The Morgan fingerprint density at radius 2 is 1.70 bits per heavy atom. The molecule has 0 aromatic rings. The van der Waals surface area contributed by atoms with Gasteiger partial charge in [0, 0.05) is 16.8 Å². The molecule has 0 aromatic carbocycles. The molecule has 0 bridgehead atoms. The van der Waals surface area contributed by atoms with Crippen molar-refractivity contribution in [2.45, 2.75) is 77.7 Å². The lowest BCUT2D eigenvalue weighted by atomic mass is 9.69. The van der Waals surface area contributed by atoms with Crippen LogP contribution >= 0.6 is 15.9 Å². The fourth-order valence-electron chi connectivity index (χ4n) is 3.93. The molecule has 0 unspecified atom stereocenters. The highest BCUT2D eigenvalue weighted by Crippen LogP contribution is 2.40. The molecule has 2 nitrogen and oxygen atoms in total. The van der Waals surface area contributed by atoms with E-state index < -0.39 is 0 Å². The van der Waals surface area contributed by atoms with Crippen LogP contribution in [0.2, 0.25) is 0 Å². The van der Waals surface area contributed by atoms with Crippen molar-refractivity contribution >= 4 is 21.8 Å². The molecular formula is C17H30BrNO. The average Bonchev–Trinajstić information content (AvgIpc) is 2.87. The maximum Gasteiger partial charge on any atom is 0.223 e. The van der Waals surface area contributed by atoms with Crippen LogP contribution in [0.4, 0.5) is 0 Å². The number of nitrogens with one attached hydrogen (secondary N) is 1. The third-order valence-corrected chi connectivity index (χ3v) is 6.60. The molecule has 0 aromatic heterocycles. The van der Waals surface area contributed by atoms with Gasteiger partial charge in [-0.15, -0.1) is 0 Å². The summed E-state index contributed by atoms with van der Waals surface area (Å²) in [5.74, 6) is 1.35. The highest BCUT2D eigenvalue weighted by atomic mass is 79.9. The number of hydrogen-bond donors (Lipinski definition) is 1. The largest absolute Gasteiger partial charge is 0.350 e. The summed E-state index contributed by atoms with van der Waals surface area (Å²) in [4.78, 5) is 12.5. The fraction of sp³-hybridized carbons (Fsp3) is 0.941. The summed E-state index contributed by atoms with van der Waals surface area (Å²) >= 11 is 3.61. The highest BCUT2D eigenvalue weighted by molar-refractivity contribution is 9.09. The highest BCUT2D eigenvalue weighted by Gasteiger charge is 2.38. The van der Waals surface area contributed by atoms with Crippen molar-refractivity contribution in [1.29, 1.82) is 0 Å². The minimum absolute atomic E-state index is 0.0535. The molecule has 1 amide bonds. The van der Waals surface area contributed by atoms with Crippen LogP contribution in [0.3, 0.4) is 0 Å². The van der Waals surface area contributed by atoms with E-state index in [-0.39, 0.29) is 11.5 Å². The second kappa shape index (κ2) is 6.37. The summed E-state index contributed by atoms with van der Waals surface area (Å²) < 4.78 is 0. The lowest BCUT2D eigenvalue weighted by Gasteiger charge is -2.38. The van der Waals surface area contributed by atoms with Crippen molar-refractivity contribution in [2.75, 3.05) is 5.33 Å². The number of amides is 1. The van der Waals surface area contributed by atoms with Crippen molar-refractivity contribution in [3.63, 3.8) is 0 Å². The fourth-order valence-corrected chi connectivity index (χ4v) is 4.63. The van der Waals surface area contributed by atoms with Crippen LogP contribution in [0.25, 0.3) is 0 Å². The average molecular weight is 344 g/mol. The van der Waals surface area contributed by atoms with E-state index in [2.05, 4.69) is 42.0 Å². The van der Waals surface area contributed by atoms with Crippen molar-refractivity contribution < 1.29 is 4.79 Å². The van der Waals surface area contributed by atoms with Gasteiger partial charge in [-0.3, -0.25) is 4.79 Å². The van der Waals surface area contributed by atoms with Crippen LogP contribution in [0.15, 0.2) is 0 Å². The second-order valence-electron chi connectivity index (χ2n) is 8.02. The van der Waals surface area contributed by atoms with E-state index in [1.165, 1.54) is 25.7 Å². The molecule has 2 aliphatic rings. The maximum atomic E-state index is 12.5. The molecular weight excluding hydrogens is 314 g/mol. The number of carbonyl (C=O) groups excluding carboxylic acids is 1. The molecule has 2 fully saturated rings. The van der Waals surface area contributed by atoms with Crippen LogP contribution < -0.4 is 5.32 Å². The number of carbonyl (C=O) groups is 1. The van der Waals surface area contributed by atoms with Crippen LogP contribution in [0, 0.1) is 17.3 Å². The Kier molecular flexibility index (Phi) is 5.20. The maximum absolute atomic E-state index is 12.5. The standard InChI is InChI=1S/C17H30BrNO/c1-16(2,3)14-8-6-13(7-9-14)15(20)19-17(12-18)10-4-5-11-17/h13-14H,4-12H2,1-3H3,(H,19,20). The molecule has 0 aliphatic heterocycles. The Labute approximate surface area is 132 Å². The number of alkyl halides is 1. The number of halogens is 1. The van der Waals surface area contributed by atoms with E-state index in [1.807, 2.05) is 0 Å². The molecule has 3 heteroatoms. The Balaban J connectivity index is 1.86. The van der Waals surface area contributed by atoms with E-state index in [9.17, 15) is 4.79 Å². The Bertz CT molecular complexity index is 333. The van der Waals surface area contributed by atoms with Gasteiger partial charge in [-0.25, -0.2) is 0 Å². The smallest absolute Gasteiger partial charge is 0.223 e. The van der Waals surface area contributed by atoms with E-state index in [0.717, 1.165) is 36.9 Å². The summed E-state index contributed by atoms with van der Waals surface area (Å²) in [7, 11) is 0. The number of rotatable bonds is 3. The van der Waals surface area contributed by atoms with E-state index in [4.69, 9.17) is 0 Å². The molecule has 0 atom stereocenters. The first-order valence-electron chi connectivity index (χ1n) is 8.24. The van der Waals surface area contributed by atoms with Gasteiger partial charge in [-0.2, -0.15) is 0 Å². The zero-order chi connectivity index (χ0) is 14.8. The van der Waals surface area contributed by atoms with Gasteiger partial charge in [0.15, 0.2) is 0 Å². The van der Waals surface area contributed by atoms with Crippen molar-refractivity contribution in [3.8, 4) is 0 Å². The summed E-state index contributed by atoms with van der Waals surface area (Å²) in [5, 5.41) is 4.29. The third kappa shape index (κ3) is 3.78. The molecule has 2 saturated carbocycles. The molecule has 0 heterocycles. The predicted molar refractivity (Wildman–Crippen MR) is 88.0 cm³/mol. The summed E-state index contributed by atoms with van der Waals surface area (Å²) in [6.45, 7) is 6.99. The van der Waals surface area contributed by atoms with Gasteiger partial charge < -0.3 is 5.32 Å². The predicted octanol–water partition coefficient (Wildman–Crippen LogP) is 4.66. The van der Waals surface area contributed by atoms with E-state index >= 15 is 0 Å². The van der Waals surface area contributed by atoms with Crippen LogP contribution in [-0.4, -0.2) is 16.8 Å². The zero-order valence-corrected chi connectivity index (χ0v) is 14.9. The molecule has 0 radical (unpaired) electrons. The molecule has 0 saturated heterocycles. The van der Waals surface area contributed by atoms with Crippen molar-refractivity contribution in [3.05, 3.63) is 0 Å². The summed E-state index contributed by atoms with van der Waals surface area (Å²) in [5.41, 5.74) is 0.446. The minimum Gasteiger partial charge on any atom is -0.350 e. The Morgan fingerprint density at radius 1 is 1.15 bits per heavy atom. The van der Waals surface area contributed by atoms with Crippen molar-refractivity contribution in [1.82, 2.24) is 5.32 Å². The van der Waals surface area contributed by atoms with Gasteiger partial charge >= 0.3 is 0 Å². The SMILES string of the molecule is CC(C)(C)C1CCC(C(=O)NC2(CBr)CCCC2)CC1. The van der Waals surface area contributed by atoms with Gasteiger partial charge in [0.25, 0.3) is 0 Å². The van der Waals surface area contributed by atoms with Crippen LogP contribution in [0.1, 0.15) is 72.1 Å². The van der Waals surface area contributed by atoms with Gasteiger partial charge in [0.1, 0.15) is 0 Å².